The number of nitrogens with zero attached hydrogens (tertiary/aromatic N) is 3. The Morgan fingerprint density at radius 3 is 2.93 bits per heavy atom. The van der Waals surface area contributed by atoms with Crippen molar-refractivity contribution in [2.24, 2.45) is 0 Å². The van der Waals surface area contributed by atoms with E-state index in [-0.39, 0.29) is 6.03 Å². The number of ether oxygens (including phenoxy) is 1. The van der Waals surface area contributed by atoms with Gasteiger partial charge in [-0.3, -0.25) is 0 Å². The molecule has 1 aromatic heterocycles. The lowest BCUT2D eigenvalue weighted by atomic mass is 10.1. The number of morpholine rings is 1. The Morgan fingerprint density at radius 1 is 1.19 bits per heavy atom. The standard InChI is InChI=1S/C19H25N5O3/c25-18(24-14-2-3-15(24)12-20-6-5-14)21-13-1-4-16-17(11-13)27-19(22-16)23-7-9-26-10-8-23/h1,4,11,14-15,20H,2-3,5-10,12H2,(H,21,25). The molecule has 2 atom stereocenters. The van der Waals surface area contributed by atoms with Gasteiger partial charge in [0.25, 0.3) is 6.01 Å². The molecule has 5 rings (SSSR count). The van der Waals surface area contributed by atoms with Gasteiger partial charge in [0.2, 0.25) is 0 Å². The summed E-state index contributed by atoms with van der Waals surface area (Å²) in [6.07, 6.45) is 3.20. The highest BCUT2D eigenvalue weighted by Gasteiger charge is 2.38. The van der Waals surface area contributed by atoms with Crippen molar-refractivity contribution in [2.45, 2.75) is 31.3 Å². The van der Waals surface area contributed by atoms with E-state index in [9.17, 15) is 4.79 Å². The molecule has 1 aromatic carbocycles. The number of aromatic nitrogens is 1. The first-order chi connectivity index (χ1) is 13.3. The second kappa shape index (κ2) is 7.01. The van der Waals surface area contributed by atoms with Crippen molar-refractivity contribution >= 4 is 28.8 Å². The van der Waals surface area contributed by atoms with Crippen molar-refractivity contribution in [3.63, 3.8) is 0 Å². The molecule has 2 bridgehead atoms. The number of oxazole rings is 1. The number of rotatable bonds is 2. The van der Waals surface area contributed by atoms with E-state index in [1.165, 1.54) is 0 Å². The molecule has 2 N–H and O–H groups in total. The van der Waals surface area contributed by atoms with E-state index in [0.29, 0.717) is 36.9 Å². The van der Waals surface area contributed by atoms with Gasteiger partial charge in [-0.1, -0.05) is 0 Å². The summed E-state index contributed by atoms with van der Waals surface area (Å²) in [4.78, 5) is 21.6. The summed E-state index contributed by atoms with van der Waals surface area (Å²) in [6.45, 7) is 4.80. The minimum absolute atomic E-state index is 0.0153. The molecule has 3 saturated heterocycles. The summed E-state index contributed by atoms with van der Waals surface area (Å²) in [6, 6.07) is 6.89. The fourth-order valence-corrected chi connectivity index (χ4v) is 4.38. The number of hydrogen-bond donors (Lipinski definition) is 2. The van der Waals surface area contributed by atoms with Crippen LogP contribution in [0.25, 0.3) is 11.1 Å². The Kier molecular flexibility index (Phi) is 4.37. The summed E-state index contributed by atoms with van der Waals surface area (Å²) >= 11 is 0. The molecule has 144 valence electrons. The van der Waals surface area contributed by atoms with Crippen molar-refractivity contribution in [1.82, 2.24) is 15.2 Å². The van der Waals surface area contributed by atoms with Crippen LogP contribution in [-0.2, 0) is 4.74 Å². The van der Waals surface area contributed by atoms with Gasteiger partial charge in [-0.05, 0) is 37.9 Å². The molecule has 0 saturated carbocycles. The molecule has 3 aliphatic rings. The number of fused-ring (bicyclic) bond motifs is 3. The van der Waals surface area contributed by atoms with Crippen molar-refractivity contribution in [3.8, 4) is 0 Å². The summed E-state index contributed by atoms with van der Waals surface area (Å²) in [5.41, 5.74) is 2.23. The Bertz CT molecular complexity index is 818. The monoisotopic (exact) mass is 371 g/mol. The Balaban J connectivity index is 1.33. The zero-order valence-electron chi connectivity index (χ0n) is 15.3. The zero-order chi connectivity index (χ0) is 18.2. The van der Waals surface area contributed by atoms with Crippen molar-refractivity contribution in [3.05, 3.63) is 18.2 Å². The lowest BCUT2D eigenvalue weighted by Crippen LogP contribution is -2.44. The molecule has 8 heteroatoms. The molecule has 0 aliphatic carbocycles. The van der Waals surface area contributed by atoms with Gasteiger partial charge in [-0.25, -0.2) is 4.79 Å². The molecule has 2 unspecified atom stereocenters. The average Bonchev–Trinajstić information content (AvgIpc) is 3.21. The zero-order valence-corrected chi connectivity index (χ0v) is 15.3. The average molecular weight is 371 g/mol. The van der Waals surface area contributed by atoms with Gasteiger partial charge in [0, 0.05) is 43.5 Å². The first-order valence-corrected chi connectivity index (χ1v) is 9.81. The van der Waals surface area contributed by atoms with Gasteiger partial charge in [-0.2, -0.15) is 4.98 Å². The van der Waals surface area contributed by atoms with Gasteiger partial charge >= 0.3 is 6.03 Å². The maximum atomic E-state index is 12.9. The molecule has 8 nitrogen and oxygen atoms in total. The fraction of sp³-hybridized carbons (Fsp3) is 0.579. The van der Waals surface area contributed by atoms with E-state index < -0.39 is 0 Å². The molecule has 2 amide bonds. The van der Waals surface area contributed by atoms with Crippen LogP contribution in [-0.4, -0.2) is 67.4 Å². The lowest BCUT2D eigenvalue weighted by molar-refractivity contribution is 0.120. The molecule has 4 heterocycles. The number of carbonyl (C=O) groups excluding carboxylic acids is 1. The van der Waals surface area contributed by atoms with Crippen LogP contribution in [0, 0.1) is 0 Å². The van der Waals surface area contributed by atoms with Crippen LogP contribution in [0.15, 0.2) is 22.6 Å². The normalized spacial score (nSPS) is 25.6. The number of hydrogen-bond acceptors (Lipinski definition) is 6. The van der Waals surface area contributed by atoms with Crippen LogP contribution in [0.1, 0.15) is 19.3 Å². The number of carbonyl (C=O) groups is 1. The first-order valence-electron chi connectivity index (χ1n) is 9.81. The Hall–Kier alpha value is -2.32. The number of benzene rings is 1. The summed E-state index contributed by atoms with van der Waals surface area (Å²) in [5, 5.41) is 6.49. The molecular weight excluding hydrogens is 346 g/mol. The molecule has 3 fully saturated rings. The summed E-state index contributed by atoms with van der Waals surface area (Å²) in [7, 11) is 0. The number of anilines is 2. The Labute approximate surface area is 157 Å². The van der Waals surface area contributed by atoms with Crippen LogP contribution in [0.5, 0.6) is 0 Å². The number of urea groups is 1. The maximum Gasteiger partial charge on any atom is 0.322 e. The quantitative estimate of drug-likeness (QED) is 0.840. The predicted octanol–water partition coefficient (Wildman–Crippen LogP) is 2.02. The molecule has 0 spiro atoms. The van der Waals surface area contributed by atoms with Crippen LogP contribution in [0.3, 0.4) is 0 Å². The van der Waals surface area contributed by atoms with E-state index in [1.54, 1.807) is 0 Å². The van der Waals surface area contributed by atoms with E-state index in [4.69, 9.17) is 9.15 Å². The lowest BCUT2D eigenvalue weighted by Gasteiger charge is -2.28. The third-order valence-electron chi connectivity index (χ3n) is 5.80. The molecule has 3 aliphatic heterocycles. The number of amides is 2. The second-order valence-electron chi connectivity index (χ2n) is 7.49. The topological polar surface area (TPSA) is 82.9 Å². The molecule has 2 aromatic rings. The molecular formula is C19H25N5O3. The fourth-order valence-electron chi connectivity index (χ4n) is 4.38. The van der Waals surface area contributed by atoms with Crippen molar-refractivity contribution < 1.29 is 13.9 Å². The highest BCUT2D eigenvalue weighted by atomic mass is 16.5. The van der Waals surface area contributed by atoms with Crippen LogP contribution >= 0.6 is 0 Å². The van der Waals surface area contributed by atoms with Gasteiger partial charge in [0.1, 0.15) is 5.52 Å². The van der Waals surface area contributed by atoms with Gasteiger partial charge in [0.05, 0.1) is 13.2 Å². The number of nitrogens with one attached hydrogen (secondary N) is 2. The Morgan fingerprint density at radius 2 is 2.04 bits per heavy atom. The minimum Gasteiger partial charge on any atom is -0.423 e. The second-order valence-corrected chi connectivity index (χ2v) is 7.49. The maximum absolute atomic E-state index is 12.9. The van der Waals surface area contributed by atoms with E-state index in [1.807, 2.05) is 23.1 Å². The van der Waals surface area contributed by atoms with Crippen molar-refractivity contribution in [2.75, 3.05) is 49.6 Å². The molecule has 0 radical (unpaired) electrons. The highest BCUT2D eigenvalue weighted by molar-refractivity contribution is 5.92. The predicted molar refractivity (Wildman–Crippen MR) is 102 cm³/mol. The van der Waals surface area contributed by atoms with E-state index in [0.717, 1.165) is 56.6 Å². The van der Waals surface area contributed by atoms with Crippen molar-refractivity contribution in [1.29, 1.82) is 0 Å². The first kappa shape index (κ1) is 16.8. The summed E-state index contributed by atoms with van der Waals surface area (Å²) < 4.78 is 11.3. The highest BCUT2D eigenvalue weighted by Crippen LogP contribution is 2.30. The van der Waals surface area contributed by atoms with Gasteiger partial charge in [0.15, 0.2) is 5.58 Å². The minimum atomic E-state index is -0.0153. The van der Waals surface area contributed by atoms with Crippen LogP contribution < -0.4 is 15.5 Å². The van der Waals surface area contributed by atoms with Gasteiger partial charge in [-0.15, -0.1) is 0 Å². The largest absolute Gasteiger partial charge is 0.423 e. The van der Waals surface area contributed by atoms with E-state index in [2.05, 4.69) is 20.5 Å². The smallest absolute Gasteiger partial charge is 0.322 e. The van der Waals surface area contributed by atoms with Crippen LogP contribution in [0.2, 0.25) is 0 Å². The van der Waals surface area contributed by atoms with Crippen LogP contribution in [0.4, 0.5) is 16.5 Å². The third-order valence-corrected chi connectivity index (χ3v) is 5.80. The van der Waals surface area contributed by atoms with Gasteiger partial charge < -0.3 is 29.6 Å². The molecule has 27 heavy (non-hydrogen) atoms. The SMILES string of the molecule is O=C(Nc1ccc2nc(N3CCOCC3)oc2c1)N1C2CCNCC1CC2. The third kappa shape index (κ3) is 3.23. The summed E-state index contributed by atoms with van der Waals surface area (Å²) in [5.74, 6) is 0. The van der Waals surface area contributed by atoms with E-state index >= 15 is 0 Å².